The van der Waals surface area contributed by atoms with E-state index in [1.807, 2.05) is 0 Å². The second-order valence-corrected chi connectivity index (χ2v) is 3.63. The third kappa shape index (κ3) is 2.50. The molecular weight excluding hydrogens is 152 g/mol. The van der Waals surface area contributed by atoms with Gasteiger partial charge in [0.1, 0.15) is 0 Å². The Morgan fingerprint density at radius 3 is 3.00 bits per heavy atom. The van der Waals surface area contributed by atoms with Gasteiger partial charge in [-0.2, -0.15) is 4.58 Å². The van der Waals surface area contributed by atoms with Gasteiger partial charge in [0.05, 0.1) is 12.3 Å². The Labute approximate surface area is 74.2 Å². The van der Waals surface area contributed by atoms with Crippen molar-refractivity contribution in [2.45, 2.75) is 51.9 Å². The van der Waals surface area contributed by atoms with Crippen LogP contribution >= 0.6 is 0 Å². The Kier molecular flexibility index (Phi) is 4.12. The van der Waals surface area contributed by atoms with E-state index < -0.39 is 0 Å². The van der Waals surface area contributed by atoms with Gasteiger partial charge >= 0.3 is 5.78 Å². The summed E-state index contributed by atoms with van der Waals surface area (Å²) >= 11 is 0. The van der Waals surface area contributed by atoms with Crippen LogP contribution in [-0.2, 0) is 4.58 Å². The Hall–Kier alpha value is -0.530. The van der Waals surface area contributed by atoms with Crippen LogP contribution in [0, 0.1) is 5.92 Å². The summed E-state index contributed by atoms with van der Waals surface area (Å²) in [6.45, 7) is 2.18. The maximum atomic E-state index is 10.3. The average molecular weight is 170 g/mol. The summed E-state index contributed by atoms with van der Waals surface area (Å²) in [5.41, 5.74) is 0. The minimum atomic E-state index is 0.469. The number of ketones is 1. The Bertz CT molecular complexity index is 152. The van der Waals surface area contributed by atoms with Crippen LogP contribution in [0.1, 0.15) is 51.9 Å². The third-order valence-corrected chi connectivity index (χ3v) is 2.69. The quantitative estimate of drug-likeness (QED) is 0.361. The van der Waals surface area contributed by atoms with Gasteiger partial charge in [-0.05, 0) is 19.3 Å². The molecule has 0 bridgehead atoms. The molecule has 0 aromatic carbocycles. The molecule has 1 saturated carbocycles. The highest BCUT2D eigenvalue weighted by molar-refractivity contribution is 5.81. The van der Waals surface area contributed by atoms with Crippen molar-refractivity contribution >= 4 is 5.78 Å². The van der Waals surface area contributed by atoms with Crippen LogP contribution in [0.25, 0.3) is 0 Å². The zero-order valence-electron chi connectivity index (χ0n) is 7.84. The normalized spacial score (nSPS) is 27.8. The van der Waals surface area contributed by atoms with E-state index in [2.05, 4.69) is 11.5 Å². The van der Waals surface area contributed by atoms with Gasteiger partial charge in [-0.1, -0.05) is 26.2 Å². The molecule has 70 valence electrons. The van der Waals surface area contributed by atoms with E-state index in [-0.39, 0.29) is 0 Å². The van der Waals surface area contributed by atoms with Crippen molar-refractivity contribution in [2.24, 2.45) is 5.92 Å². The molecule has 1 aliphatic carbocycles. The molecule has 2 heteroatoms. The molecule has 12 heavy (non-hydrogen) atoms. The zero-order chi connectivity index (χ0) is 8.81. The van der Waals surface area contributed by atoms with Gasteiger partial charge in [0, 0.05) is 0 Å². The highest BCUT2D eigenvalue weighted by atomic mass is 17.1. The van der Waals surface area contributed by atoms with Crippen LogP contribution in [0.15, 0.2) is 0 Å². The predicted octanol–water partition coefficient (Wildman–Crippen LogP) is 1.75. The van der Waals surface area contributed by atoms with Crippen LogP contribution in [-0.4, -0.2) is 5.78 Å². The molecule has 0 radical (unpaired) electrons. The number of hydrogen-bond donors (Lipinski definition) is 0. The molecule has 1 fully saturated rings. The minimum absolute atomic E-state index is 0.469. The lowest BCUT2D eigenvalue weighted by atomic mass is 9.85. The molecule has 0 aromatic rings. The van der Waals surface area contributed by atoms with Crippen molar-refractivity contribution < 1.29 is 9.83 Å². The summed E-state index contributed by atoms with van der Waals surface area (Å²) in [6.07, 6.45) is 8.05. The smallest absolute Gasteiger partial charge is 0.332 e. The van der Waals surface area contributed by atoms with Gasteiger partial charge < -0.3 is 5.26 Å². The number of unbranched alkanes of at least 4 members (excludes halogenated alkanes) is 1. The highest BCUT2D eigenvalue weighted by Gasteiger charge is 2.28. The minimum Gasteiger partial charge on any atom is -0.463 e. The van der Waals surface area contributed by atoms with E-state index in [4.69, 9.17) is 0 Å². The standard InChI is InChI=1S/C10H18O2/c1-2-3-6-9-7-4-5-8-10(9)12-11/h9H,2-8H2,1H3. The van der Waals surface area contributed by atoms with E-state index in [0.29, 0.717) is 5.92 Å². The SMILES string of the molecule is CCCCC1CCCCC1=[O+][O-]. The molecule has 2 nitrogen and oxygen atoms in total. The molecule has 0 aliphatic heterocycles. The van der Waals surface area contributed by atoms with Gasteiger partial charge in [0.15, 0.2) is 0 Å². The first-order valence-electron chi connectivity index (χ1n) is 5.04. The van der Waals surface area contributed by atoms with Gasteiger partial charge in [-0.15, -0.1) is 0 Å². The van der Waals surface area contributed by atoms with Gasteiger partial charge in [0.2, 0.25) is 0 Å². The lowest BCUT2D eigenvalue weighted by molar-refractivity contribution is -1.05. The molecular formula is C10H18O2. The molecule has 0 spiro atoms. The fourth-order valence-corrected chi connectivity index (χ4v) is 1.92. The van der Waals surface area contributed by atoms with Crippen LogP contribution in [0.3, 0.4) is 0 Å². The van der Waals surface area contributed by atoms with E-state index in [1.165, 1.54) is 19.3 Å². The van der Waals surface area contributed by atoms with Crippen LogP contribution in [0.4, 0.5) is 0 Å². The first-order chi connectivity index (χ1) is 5.88. The molecule has 0 saturated heterocycles. The van der Waals surface area contributed by atoms with Gasteiger partial charge in [0.25, 0.3) is 0 Å². The molecule has 1 atom stereocenters. The van der Waals surface area contributed by atoms with Crippen LogP contribution in [0.2, 0.25) is 0 Å². The summed E-state index contributed by atoms with van der Waals surface area (Å²) in [4.78, 5) is 0. The van der Waals surface area contributed by atoms with Crippen molar-refractivity contribution in [3.8, 4) is 0 Å². The van der Waals surface area contributed by atoms with Gasteiger partial charge in [-0.25, -0.2) is 0 Å². The lowest BCUT2D eigenvalue weighted by Crippen LogP contribution is -2.24. The predicted molar refractivity (Wildman–Crippen MR) is 46.5 cm³/mol. The topological polar surface area (TPSA) is 34.4 Å². The van der Waals surface area contributed by atoms with E-state index in [0.717, 1.165) is 31.5 Å². The molecule has 0 N–H and O–H groups in total. The fourth-order valence-electron chi connectivity index (χ4n) is 1.92. The molecule has 0 aromatic heterocycles. The first kappa shape index (κ1) is 9.56. The Morgan fingerprint density at radius 2 is 2.33 bits per heavy atom. The molecule has 1 rings (SSSR count). The van der Waals surface area contributed by atoms with E-state index in [1.54, 1.807) is 0 Å². The largest absolute Gasteiger partial charge is 0.463 e. The van der Waals surface area contributed by atoms with Crippen molar-refractivity contribution in [3.05, 3.63) is 0 Å². The number of carbonyl (C=O) groups excluding carboxylic acids is 1. The second-order valence-electron chi connectivity index (χ2n) is 3.63. The summed E-state index contributed by atoms with van der Waals surface area (Å²) < 4.78 is 4.17. The first-order valence-corrected chi connectivity index (χ1v) is 5.04. The van der Waals surface area contributed by atoms with Crippen molar-refractivity contribution in [1.29, 1.82) is 0 Å². The summed E-state index contributed by atoms with van der Waals surface area (Å²) in [7, 11) is 0. The molecule has 1 unspecified atom stereocenters. The molecule has 0 amide bonds. The number of hydrogen-bond acceptors (Lipinski definition) is 1. The maximum Gasteiger partial charge on any atom is 0.332 e. The molecule has 0 heterocycles. The van der Waals surface area contributed by atoms with E-state index in [9.17, 15) is 5.26 Å². The monoisotopic (exact) mass is 170 g/mol. The summed E-state index contributed by atoms with van der Waals surface area (Å²) in [5.74, 6) is 1.28. The van der Waals surface area contributed by atoms with Crippen molar-refractivity contribution in [1.82, 2.24) is 0 Å². The third-order valence-electron chi connectivity index (χ3n) is 2.69. The fraction of sp³-hybridized carbons (Fsp3) is 0.900. The molecule has 1 aliphatic rings. The van der Waals surface area contributed by atoms with Gasteiger partial charge in [-0.3, -0.25) is 0 Å². The summed E-state index contributed by atoms with van der Waals surface area (Å²) in [6, 6.07) is 0. The lowest BCUT2D eigenvalue weighted by Gasteiger charge is -2.16. The zero-order valence-corrected chi connectivity index (χ0v) is 7.84. The highest BCUT2D eigenvalue weighted by Crippen LogP contribution is 2.25. The van der Waals surface area contributed by atoms with Crippen LogP contribution in [0.5, 0.6) is 0 Å². The van der Waals surface area contributed by atoms with Crippen molar-refractivity contribution in [2.75, 3.05) is 0 Å². The Balaban J connectivity index is 2.37. The second kappa shape index (κ2) is 5.18. The maximum absolute atomic E-state index is 10.3. The van der Waals surface area contributed by atoms with E-state index >= 15 is 0 Å². The average Bonchev–Trinajstić information content (AvgIpc) is 2.15. The number of rotatable bonds is 3. The Morgan fingerprint density at radius 1 is 1.50 bits per heavy atom. The van der Waals surface area contributed by atoms with Crippen LogP contribution < -0.4 is 5.26 Å². The summed E-state index contributed by atoms with van der Waals surface area (Å²) in [5, 5.41) is 10.3. The van der Waals surface area contributed by atoms with Crippen molar-refractivity contribution in [3.63, 3.8) is 0 Å².